The molecular weight excluding hydrogens is 382 g/mol. The van der Waals surface area contributed by atoms with E-state index in [1.807, 2.05) is 6.07 Å². The number of benzene rings is 1. The number of fused-ring (bicyclic) bond motifs is 1. The summed E-state index contributed by atoms with van der Waals surface area (Å²) in [7, 11) is 1.71. The monoisotopic (exact) mass is 411 g/mol. The summed E-state index contributed by atoms with van der Waals surface area (Å²) < 4.78 is 0. The van der Waals surface area contributed by atoms with Gasteiger partial charge in [-0.3, -0.25) is 9.69 Å². The van der Waals surface area contributed by atoms with Gasteiger partial charge in [0.1, 0.15) is 11.5 Å². The van der Waals surface area contributed by atoms with E-state index in [0.29, 0.717) is 24.4 Å². The van der Waals surface area contributed by atoms with Crippen molar-refractivity contribution in [3.8, 4) is 0 Å². The van der Waals surface area contributed by atoms with Gasteiger partial charge in [-0.2, -0.15) is 4.98 Å². The molecule has 4 rings (SSSR count). The Morgan fingerprint density at radius 3 is 2.83 bits per heavy atom. The molecule has 160 valence electrons. The number of aliphatic hydroxyl groups excluding tert-OH is 1. The van der Waals surface area contributed by atoms with Gasteiger partial charge in [0.15, 0.2) is 0 Å². The highest BCUT2D eigenvalue weighted by Crippen LogP contribution is 2.18. The minimum Gasteiger partial charge on any atom is -0.390 e. The number of nitrogens with one attached hydrogen (secondary N) is 4. The summed E-state index contributed by atoms with van der Waals surface area (Å²) in [6, 6.07) is 10.4. The van der Waals surface area contributed by atoms with Crippen molar-refractivity contribution in [3.05, 3.63) is 47.2 Å². The van der Waals surface area contributed by atoms with E-state index < -0.39 is 6.10 Å². The Labute approximate surface area is 176 Å². The number of β-amino-alcohol motifs (C(OH)–C–C–N with tert-alkyl or cyclic N) is 1. The Morgan fingerprint density at radius 2 is 2.10 bits per heavy atom. The van der Waals surface area contributed by atoms with E-state index in [2.05, 4.69) is 54.3 Å². The molecule has 2 aliphatic rings. The van der Waals surface area contributed by atoms with Crippen LogP contribution in [0.4, 0.5) is 11.8 Å². The molecule has 2 aliphatic heterocycles. The summed E-state index contributed by atoms with van der Waals surface area (Å²) in [6.07, 6.45) is 0.332. The van der Waals surface area contributed by atoms with Crippen LogP contribution < -0.4 is 21.3 Å². The van der Waals surface area contributed by atoms with Crippen molar-refractivity contribution in [1.29, 1.82) is 0 Å². The van der Waals surface area contributed by atoms with Crippen molar-refractivity contribution in [1.82, 2.24) is 25.5 Å². The molecule has 0 aliphatic carbocycles. The number of aromatic nitrogens is 2. The molecule has 1 atom stereocenters. The molecule has 0 bridgehead atoms. The fourth-order valence-electron chi connectivity index (χ4n) is 3.72. The SMILES string of the molecule is CNc1nc(NC2CNC2)cc(C(=O)NCC(O)CN2CCc3ccccc3C2)n1. The molecule has 1 amide bonds. The average Bonchev–Trinajstić information content (AvgIpc) is 2.74. The summed E-state index contributed by atoms with van der Waals surface area (Å²) in [5.74, 6) is 0.662. The van der Waals surface area contributed by atoms with Gasteiger partial charge in [0.2, 0.25) is 5.95 Å². The summed E-state index contributed by atoms with van der Waals surface area (Å²) in [4.78, 5) is 23.4. The van der Waals surface area contributed by atoms with Crippen LogP contribution in [0.15, 0.2) is 30.3 Å². The molecule has 0 spiro atoms. The van der Waals surface area contributed by atoms with Crippen LogP contribution in [-0.4, -0.2) is 77.8 Å². The number of rotatable bonds is 8. The third kappa shape index (κ3) is 5.05. The zero-order valence-electron chi connectivity index (χ0n) is 17.2. The maximum Gasteiger partial charge on any atom is 0.270 e. The fraction of sp³-hybridized carbons (Fsp3) is 0.476. The summed E-state index contributed by atoms with van der Waals surface area (Å²) >= 11 is 0. The van der Waals surface area contributed by atoms with E-state index in [0.717, 1.165) is 32.6 Å². The lowest BCUT2D eigenvalue weighted by atomic mass is 10.00. The zero-order valence-corrected chi connectivity index (χ0v) is 17.2. The molecule has 1 unspecified atom stereocenters. The smallest absolute Gasteiger partial charge is 0.270 e. The third-order valence-corrected chi connectivity index (χ3v) is 5.49. The lowest BCUT2D eigenvalue weighted by Gasteiger charge is -2.30. The molecular formula is C21H29N7O2. The van der Waals surface area contributed by atoms with Crippen LogP contribution in [-0.2, 0) is 13.0 Å². The number of aliphatic hydroxyl groups is 1. The van der Waals surface area contributed by atoms with Crippen molar-refractivity contribution >= 4 is 17.7 Å². The van der Waals surface area contributed by atoms with Gasteiger partial charge in [-0.05, 0) is 17.5 Å². The first kappa shape index (κ1) is 20.5. The highest BCUT2D eigenvalue weighted by atomic mass is 16.3. The van der Waals surface area contributed by atoms with Gasteiger partial charge in [0.05, 0.1) is 12.1 Å². The first-order valence-electron chi connectivity index (χ1n) is 10.4. The van der Waals surface area contributed by atoms with Crippen LogP contribution in [0.25, 0.3) is 0 Å². The van der Waals surface area contributed by atoms with Gasteiger partial charge in [0.25, 0.3) is 5.91 Å². The van der Waals surface area contributed by atoms with Crippen LogP contribution >= 0.6 is 0 Å². The van der Waals surface area contributed by atoms with E-state index in [9.17, 15) is 9.90 Å². The Hall–Kier alpha value is -2.75. The number of carbonyl (C=O) groups excluding carboxylic acids is 1. The van der Waals surface area contributed by atoms with Crippen molar-refractivity contribution in [2.75, 3.05) is 50.4 Å². The standard InChI is InChI=1S/C21H29N7O2/c1-22-21-26-18(8-19(27-21)25-16-9-23-10-16)20(30)24-11-17(29)13-28-7-6-14-4-2-3-5-15(14)12-28/h2-5,8,16-17,23,29H,6-7,9-13H2,1H3,(H,24,30)(H2,22,25,26,27). The number of hydrogen-bond donors (Lipinski definition) is 5. The van der Waals surface area contributed by atoms with Gasteiger partial charge in [-0.1, -0.05) is 24.3 Å². The molecule has 1 aromatic carbocycles. The number of nitrogens with zero attached hydrogens (tertiary/aromatic N) is 3. The molecule has 2 aromatic rings. The zero-order chi connectivity index (χ0) is 20.9. The molecule has 9 nitrogen and oxygen atoms in total. The second kappa shape index (κ2) is 9.38. The number of amides is 1. The highest BCUT2D eigenvalue weighted by molar-refractivity contribution is 5.93. The summed E-state index contributed by atoms with van der Waals surface area (Å²) in [5, 5.41) is 22.6. The molecule has 30 heavy (non-hydrogen) atoms. The van der Waals surface area contributed by atoms with E-state index in [1.54, 1.807) is 13.1 Å². The predicted octanol–water partition coefficient (Wildman–Crippen LogP) is 0.0510. The largest absolute Gasteiger partial charge is 0.390 e. The maximum absolute atomic E-state index is 12.6. The molecule has 1 fully saturated rings. The second-order valence-electron chi connectivity index (χ2n) is 7.83. The Kier molecular flexibility index (Phi) is 6.41. The minimum absolute atomic E-state index is 0.172. The van der Waals surface area contributed by atoms with Gasteiger partial charge in [-0.15, -0.1) is 0 Å². The van der Waals surface area contributed by atoms with Gasteiger partial charge in [0, 0.05) is 52.4 Å². The molecule has 1 saturated heterocycles. The summed E-state index contributed by atoms with van der Waals surface area (Å²) in [5.41, 5.74) is 2.95. The Morgan fingerprint density at radius 1 is 1.30 bits per heavy atom. The molecule has 9 heteroatoms. The average molecular weight is 412 g/mol. The first-order chi connectivity index (χ1) is 14.6. The number of carbonyl (C=O) groups is 1. The van der Waals surface area contributed by atoms with E-state index >= 15 is 0 Å². The Balaban J connectivity index is 1.30. The Bertz CT molecular complexity index is 887. The topological polar surface area (TPSA) is 114 Å². The minimum atomic E-state index is -0.650. The molecule has 3 heterocycles. The van der Waals surface area contributed by atoms with Crippen LogP contribution in [0.3, 0.4) is 0 Å². The highest BCUT2D eigenvalue weighted by Gasteiger charge is 2.21. The number of anilines is 2. The van der Waals surface area contributed by atoms with Crippen LogP contribution in [0.1, 0.15) is 21.6 Å². The lowest BCUT2D eigenvalue weighted by molar-refractivity contribution is 0.0838. The molecule has 0 radical (unpaired) electrons. The van der Waals surface area contributed by atoms with E-state index in [-0.39, 0.29) is 18.1 Å². The van der Waals surface area contributed by atoms with Crippen LogP contribution in [0.2, 0.25) is 0 Å². The predicted molar refractivity (Wildman–Crippen MR) is 116 cm³/mol. The van der Waals surface area contributed by atoms with Crippen molar-refractivity contribution in [2.45, 2.75) is 25.1 Å². The van der Waals surface area contributed by atoms with Crippen LogP contribution in [0, 0.1) is 0 Å². The maximum atomic E-state index is 12.6. The van der Waals surface area contributed by atoms with E-state index in [4.69, 9.17) is 0 Å². The van der Waals surface area contributed by atoms with E-state index in [1.165, 1.54) is 11.1 Å². The second-order valence-corrected chi connectivity index (χ2v) is 7.83. The molecule has 5 N–H and O–H groups in total. The normalized spacial score (nSPS) is 17.5. The summed E-state index contributed by atoms with van der Waals surface area (Å²) in [6.45, 7) is 4.15. The van der Waals surface area contributed by atoms with Crippen molar-refractivity contribution in [2.24, 2.45) is 0 Å². The fourth-order valence-corrected chi connectivity index (χ4v) is 3.72. The van der Waals surface area contributed by atoms with Gasteiger partial charge in [-0.25, -0.2) is 4.98 Å². The lowest BCUT2D eigenvalue weighted by Crippen LogP contribution is -2.51. The van der Waals surface area contributed by atoms with Crippen LogP contribution in [0.5, 0.6) is 0 Å². The molecule has 0 saturated carbocycles. The van der Waals surface area contributed by atoms with Crippen molar-refractivity contribution < 1.29 is 9.90 Å². The first-order valence-corrected chi connectivity index (χ1v) is 10.4. The molecule has 1 aromatic heterocycles. The number of hydrogen-bond acceptors (Lipinski definition) is 8. The van der Waals surface area contributed by atoms with Crippen molar-refractivity contribution in [3.63, 3.8) is 0 Å². The van der Waals surface area contributed by atoms with Gasteiger partial charge < -0.3 is 26.4 Å². The third-order valence-electron chi connectivity index (χ3n) is 5.49. The quantitative estimate of drug-likeness (QED) is 0.414. The van der Waals surface area contributed by atoms with Gasteiger partial charge >= 0.3 is 0 Å².